The third-order valence-electron chi connectivity index (χ3n) is 2.88. The van der Waals surface area contributed by atoms with E-state index in [2.05, 4.69) is 0 Å². The van der Waals surface area contributed by atoms with E-state index >= 15 is 0 Å². The monoisotopic (exact) mass is 235 g/mol. The number of anilines is 1. The molecule has 0 spiro atoms. The first-order valence-electron chi connectivity index (χ1n) is 5.31. The summed E-state index contributed by atoms with van der Waals surface area (Å²) in [6, 6.07) is 6.27. The van der Waals surface area contributed by atoms with Gasteiger partial charge in [-0.05, 0) is 12.1 Å². The Bertz CT molecular complexity index is 444. The zero-order valence-electron chi connectivity index (χ0n) is 9.50. The van der Waals surface area contributed by atoms with Crippen molar-refractivity contribution >= 4 is 17.3 Å². The Labute approximate surface area is 98.6 Å². The van der Waals surface area contributed by atoms with Crippen LogP contribution < -0.4 is 4.90 Å². The summed E-state index contributed by atoms with van der Waals surface area (Å²) in [6.07, 6.45) is 0. The maximum Gasteiger partial charge on any atom is 0.269 e. The summed E-state index contributed by atoms with van der Waals surface area (Å²) in [6.45, 7) is 1.75. The summed E-state index contributed by atoms with van der Waals surface area (Å²) in [4.78, 5) is 25.2. The second-order valence-electron chi connectivity index (χ2n) is 4.01. The lowest BCUT2D eigenvalue weighted by Gasteiger charge is -2.33. The molecular formula is C11H13N3O3. The third kappa shape index (κ3) is 2.35. The van der Waals surface area contributed by atoms with Gasteiger partial charge in [0.2, 0.25) is 5.91 Å². The first-order valence-corrected chi connectivity index (χ1v) is 5.31. The van der Waals surface area contributed by atoms with Gasteiger partial charge in [-0.1, -0.05) is 0 Å². The van der Waals surface area contributed by atoms with Gasteiger partial charge in [0.15, 0.2) is 0 Å². The fourth-order valence-electron chi connectivity index (χ4n) is 1.76. The molecule has 1 heterocycles. The lowest BCUT2D eigenvalue weighted by atomic mass is 10.2. The number of rotatable bonds is 2. The summed E-state index contributed by atoms with van der Waals surface area (Å²) in [5.74, 6) is 0.0644. The summed E-state index contributed by atoms with van der Waals surface area (Å²) in [5, 5.41) is 10.5. The zero-order chi connectivity index (χ0) is 12.4. The smallest absolute Gasteiger partial charge is 0.269 e. The van der Waals surface area contributed by atoms with Crippen LogP contribution in [-0.4, -0.2) is 42.4 Å². The van der Waals surface area contributed by atoms with Crippen LogP contribution in [0.4, 0.5) is 11.4 Å². The molecule has 90 valence electrons. The number of likely N-dealkylation sites (N-methyl/N-ethyl adjacent to an activating group) is 1. The van der Waals surface area contributed by atoms with E-state index in [4.69, 9.17) is 0 Å². The maximum atomic E-state index is 11.5. The van der Waals surface area contributed by atoms with Crippen LogP contribution >= 0.6 is 0 Å². The summed E-state index contributed by atoms with van der Waals surface area (Å²) in [5.41, 5.74) is 0.909. The number of amides is 1. The van der Waals surface area contributed by atoms with Gasteiger partial charge in [-0.25, -0.2) is 0 Å². The van der Waals surface area contributed by atoms with Crippen molar-refractivity contribution in [3.8, 4) is 0 Å². The van der Waals surface area contributed by atoms with Gasteiger partial charge in [0.25, 0.3) is 5.69 Å². The summed E-state index contributed by atoms with van der Waals surface area (Å²) in [7, 11) is 1.77. The number of hydrogen-bond acceptors (Lipinski definition) is 4. The number of carbonyl (C=O) groups excluding carboxylic acids is 1. The lowest BCUT2D eigenvalue weighted by molar-refractivity contribution is -0.384. The highest BCUT2D eigenvalue weighted by molar-refractivity contribution is 5.82. The SMILES string of the molecule is CN1CCN(c2ccc([N+](=O)[O-])cc2)CC1=O. The molecule has 0 atom stereocenters. The van der Waals surface area contributed by atoms with Crippen molar-refractivity contribution in [1.82, 2.24) is 4.90 Å². The van der Waals surface area contributed by atoms with E-state index in [1.807, 2.05) is 4.90 Å². The fraction of sp³-hybridized carbons (Fsp3) is 0.364. The molecule has 0 aromatic heterocycles. The topological polar surface area (TPSA) is 66.7 Å². The predicted octanol–water partition coefficient (Wildman–Crippen LogP) is 0.873. The molecule has 0 unspecified atom stereocenters. The first kappa shape index (κ1) is 11.4. The average Bonchev–Trinajstić information content (AvgIpc) is 2.33. The molecule has 0 saturated carbocycles. The van der Waals surface area contributed by atoms with E-state index in [1.54, 1.807) is 24.1 Å². The van der Waals surface area contributed by atoms with Crippen LogP contribution in [0.3, 0.4) is 0 Å². The standard InChI is InChI=1S/C11H13N3O3/c1-12-6-7-13(8-11(12)15)9-2-4-10(5-3-9)14(16)17/h2-5H,6-8H2,1H3. The Balaban J connectivity index is 2.13. The molecule has 0 N–H and O–H groups in total. The van der Waals surface area contributed by atoms with Gasteiger partial charge in [-0.15, -0.1) is 0 Å². The minimum absolute atomic E-state index is 0.0641. The number of benzene rings is 1. The van der Waals surface area contributed by atoms with Crippen molar-refractivity contribution in [1.29, 1.82) is 0 Å². The van der Waals surface area contributed by atoms with Crippen LogP contribution in [0.15, 0.2) is 24.3 Å². The van der Waals surface area contributed by atoms with Crippen LogP contribution in [0.2, 0.25) is 0 Å². The highest BCUT2D eigenvalue weighted by Gasteiger charge is 2.21. The predicted molar refractivity (Wildman–Crippen MR) is 62.9 cm³/mol. The molecule has 6 nitrogen and oxygen atoms in total. The molecule has 0 aliphatic carbocycles. The molecule has 1 aromatic rings. The fourth-order valence-corrected chi connectivity index (χ4v) is 1.76. The minimum Gasteiger partial charge on any atom is -0.360 e. The normalized spacial score (nSPS) is 16.2. The largest absolute Gasteiger partial charge is 0.360 e. The Morgan fingerprint density at radius 3 is 2.41 bits per heavy atom. The molecule has 17 heavy (non-hydrogen) atoms. The van der Waals surface area contributed by atoms with Crippen LogP contribution in [0.25, 0.3) is 0 Å². The molecule has 1 aliphatic heterocycles. The highest BCUT2D eigenvalue weighted by atomic mass is 16.6. The van der Waals surface area contributed by atoms with Crippen molar-refractivity contribution in [2.75, 3.05) is 31.6 Å². The lowest BCUT2D eigenvalue weighted by Crippen LogP contribution is -2.48. The van der Waals surface area contributed by atoms with E-state index in [9.17, 15) is 14.9 Å². The van der Waals surface area contributed by atoms with Crippen LogP contribution in [0.1, 0.15) is 0 Å². The number of non-ortho nitro benzene ring substituents is 1. The van der Waals surface area contributed by atoms with Gasteiger partial charge in [0.1, 0.15) is 0 Å². The van der Waals surface area contributed by atoms with E-state index in [-0.39, 0.29) is 11.6 Å². The maximum absolute atomic E-state index is 11.5. The van der Waals surface area contributed by atoms with Crippen molar-refractivity contribution in [2.45, 2.75) is 0 Å². The quantitative estimate of drug-likeness (QED) is 0.563. The van der Waals surface area contributed by atoms with Crippen LogP contribution in [0, 0.1) is 10.1 Å². The first-order chi connectivity index (χ1) is 8.08. The van der Waals surface area contributed by atoms with E-state index < -0.39 is 4.92 Å². The molecule has 1 aliphatic rings. The Kier molecular flexibility index (Phi) is 2.95. The van der Waals surface area contributed by atoms with Crippen LogP contribution in [0.5, 0.6) is 0 Å². The average molecular weight is 235 g/mol. The van der Waals surface area contributed by atoms with Gasteiger partial charge in [0, 0.05) is 38.0 Å². The van der Waals surface area contributed by atoms with Gasteiger partial charge in [-0.2, -0.15) is 0 Å². The molecule has 0 bridgehead atoms. The molecule has 2 rings (SSSR count). The van der Waals surface area contributed by atoms with Gasteiger partial charge >= 0.3 is 0 Å². The second-order valence-corrected chi connectivity index (χ2v) is 4.01. The molecule has 1 aromatic carbocycles. The minimum atomic E-state index is -0.432. The molecule has 1 saturated heterocycles. The number of nitro groups is 1. The molecular weight excluding hydrogens is 222 g/mol. The summed E-state index contributed by atoms with van der Waals surface area (Å²) >= 11 is 0. The van der Waals surface area contributed by atoms with Crippen LogP contribution in [-0.2, 0) is 4.79 Å². The zero-order valence-corrected chi connectivity index (χ0v) is 9.50. The van der Waals surface area contributed by atoms with Crippen molar-refractivity contribution in [2.24, 2.45) is 0 Å². The second kappa shape index (κ2) is 4.40. The molecule has 1 amide bonds. The van der Waals surface area contributed by atoms with Gasteiger partial charge < -0.3 is 9.80 Å². The van der Waals surface area contributed by atoms with Crippen molar-refractivity contribution < 1.29 is 9.72 Å². The number of carbonyl (C=O) groups is 1. The van der Waals surface area contributed by atoms with Gasteiger partial charge in [-0.3, -0.25) is 14.9 Å². The third-order valence-corrected chi connectivity index (χ3v) is 2.88. The Morgan fingerprint density at radius 1 is 1.24 bits per heavy atom. The van der Waals surface area contributed by atoms with E-state index in [1.165, 1.54) is 12.1 Å². The van der Waals surface area contributed by atoms with Crippen molar-refractivity contribution in [3.05, 3.63) is 34.4 Å². The number of hydrogen-bond donors (Lipinski definition) is 0. The molecule has 6 heteroatoms. The van der Waals surface area contributed by atoms with Gasteiger partial charge in [0.05, 0.1) is 11.5 Å². The Hall–Kier alpha value is -2.11. The Morgan fingerprint density at radius 2 is 1.88 bits per heavy atom. The summed E-state index contributed by atoms with van der Waals surface area (Å²) < 4.78 is 0. The highest BCUT2D eigenvalue weighted by Crippen LogP contribution is 2.20. The molecule has 0 radical (unpaired) electrons. The number of piperazine rings is 1. The van der Waals surface area contributed by atoms with E-state index in [0.29, 0.717) is 13.1 Å². The van der Waals surface area contributed by atoms with Crippen molar-refractivity contribution in [3.63, 3.8) is 0 Å². The molecule has 1 fully saturated rings. The number of nitrogens with zero attached hydrogens (tertiary/aromatic N) is 3. The van der Waals surface area contributed by atoms with E-state index in [0.717, 1.165) is 12.2 Å². The number of nitro benzene ring substituents is 1.